The van der Waals surface area contributed by atoms with E-state index in [1.807, 2.05) is 36.8 Å². The fraction of sp³-hybridized carbons (Fsp3) is 0.250. The van der Waals surface area contributed by atoms with E-state index in [4.69, 9.17) is 4.74 Å². The van der Waals surface area contributed by atoms with Crippen molar-refractivity contribution < 1.29 is 4.74 Å². The first-order chi connectivity index (χ1) is 12.8. The molecule has 0 spiro atoms. The Morgan fingerprint density at radius 3 is 2.38 bits per heavy atom. The Morgan fingerprint density at radius 1 is 0.846 bits per heavy atom. The van der Waals surface area contributed by atoms with Gasteiger partial charge >= 0.3 is 0 Å². The zero-order valence-electron chi connectivity index (χ0n) is 14.7. The zero-order valence-corrected chi connectivity index (χ0v) is 14.7. The van der Waals surface area contributed by atoms with Gasteiger partial charge in [-0.2, -0.15) is 0 Å². The average molecular weight is 347 g/mol. The third-order valence-electron chi connectivity index (χ3n) is 4.65. The monoisotopic (exact) mass is 347 g/mol. The molecule has 1 aliphatic heterocycles. The predicted octanol–water partition coefficient (Wildman–Crippen LogP) is 2.87. The Hall–Kier alpha value is -3.15. The highest BCUT2D eigenvalue weighted by atomic mass is 16.5. The molecule has 0 N–H and O–H groups in total. The van der Waals surface area contributed by atoms with E-state index in [0.717, 1.165) is 43.1 Å². The predicted molar refractivity (Wildman–Crippen MR) is 103 cm³/mol. The zero-order chi connectivity index (χ0) is 17.8. The molecular weight excluding hydrogens is 326 g/mol. The average Bonchev–Trinajstić information content (AvgIpc) is 2.74. The van der Waals surface area contributed by atoms with Crippen molar-refractivity contribution in [2.24, 2.45) is 0 Å². The minimum atomic E-state index is 0.599. The molecule has 0 bridgehead atoms. The molecule has 0 radical (unpaired) electrons. The van der Waals surface area contributed by atoms with Crippen LogP contribution in [0, 0.1) is 0 Å². The number of aromatic nitrogens is 3. The van der Waals surface area contributed by atoms with Crippen LogP contribution < -0.4 is 14.5 Å². The van der Waals surface area contributed by atoms with Gasteiger partial charge in [0.1, 0.15) is 0 Å². The van der Waals surface area contributed by atoms with E-state index >= 15 is 0 Å². The minimum Gasteiger partial charge on any atom is -0.481 e. The quantitative estimate of drug-likeness (QED) is 0.723. The summed E-state index contributed by atoms with van der Waals surface area (Å²) in [5.41, 5.74) is 4.36. The summed E-state index contributed by atoms with van der Waals surface area (Å²) >= 11 is 0. The molecule has 6 heteroatoms. The van der Waals surface area contributed by atoms with Gasteiger partial charge in [-0.3, -0.25) is 9.97 Å². The fourth-order valence-corrected chi connectivity index (χ4v) is 3.30. The van der Waals surface area contributed by atoms with Crippen molar-refractivity contribution in [3.8, 4) is 17.1 Å². The summed E-state index contributed by atoms with van der Waals surface area (Å²) in [4.78, 5) is 17.7. The second-order valence-corrected chi connectivity index (χ2v) is 6.14. The molecule has 1 fully saturated rings. The largest absolute Gasteiger partial charge is 0.481 e. The lowest BCUT2D eigenvalue weighted by Crippen LogP contribution is -2.46. The SMILES string of the molecule is COc1cc(-c2ncccc2N2CCN(c3ccncc3)CC2)ccn1. The highest BCUT2D eigenvalue weighted by molar-refractivity contribution is 5.75. The third-order valence-corrected chi connectivity index (χ3v) is 4.65. The third kappa shape index (κ3) is 3.31. The van der Waals surface area contributed by atoms with E-state index < -0.39 is 0 Å². The molecule has 132 valence electrons. The number of hydrogen-bond acceptors (Lipinski definition) is 6. The summed E-state index contributed by atoms with van der Waals surface area (Å²) in [5, 5.41) is 0. The topological polar surface area (TPSA) is 54.4 Å². The normalized spacial score (nSPS) is 14.3. The van der Waals surface area contributed by atoms with E-state index in [1.165, 1.54) is 5.69 Å². The molecule has 4 heterocycles. The van der Waals surface area contributed by atoms with Crippen LogP contribution in [-0.2, 0) is 0 Å². The maximum absolute atomic E-state index is 5.26. The number of nitrogens with zero attached hydrogens (tertiary/aromatic N) is 5. The number of anilines is 2. The number of rotatable bonds is 4. The molecule has 0 amide bonds. The van der Waals surface area contributed by atoms with E-state index in [1.54, 1.807) is 13.3 Å². The van der Waals surface area contributed by atoms with E-state index in [9.17, 15) is 0 Å². The lowest BCUT2D eigenvalue weighted by molar-refractivity contribution is 0.398. The molecule has 4 rings (SSSR count). The highest BCUT2D eigenvalue weighted by Crippen LogP contribution is 2.31. The van der Waals surface area contributed by atoms with Crippen LogP contribution in [0.3, 0.4) is 0 Å². The van der Waals surface area contributed by atoms with Crippen LogP contribution in [0.2, 0.25) is 0 Å². The molecular formula is C20H21N5O. The number of pyridine rings is 3. The molecule has 1 saturated heterocycles. The molecule has 0 atom stereocenters. The first-order valence-electron chi connectivity index (χ1n) is 8.70. The molecule has 6 nitrogen and oxygen atoms in total. The summed E-state index contributed by atoms with van der Waals surface area (Å²) in [5.74, 6) is 0.599. The van der Waals surface area contributed by atoms with Crippen molar-refractivity contribution in [1.29, 1.82) is 0 Å². The van der Waals surface area contributed by atoms with Gasteiger partial charge in [0.2, 0.25) is 5.88 Å². The number of piperazine rings is 1. The lowest BCUT2D eigenvalue weighted by atomic mass is 10.1. The first kappa shape index (κ1) is 16.3. The molecule has 26 heavy (non-hydrogen) atoms. The van der Waals surface area contributed by atoms with Crippen LogP contribution >= 0.6 is 0 Å². The smallest absolute Gasteiger partial charge is 0.213 e. The molecule has 3 aromatic heterocycles. The van der Waals surface area contributed by atoms with Gasteiger partial charge in [-0.15, -0.1) is 0 Å². The molecule has 0 aliphatic carbocycles. The van der Waals surface area contributed by atoms with Crippen molar-refractivity contribution >= 4 is 11.4 Å². The van der Waals surface area contributed by atoms with Gasteiger partial charge in [-0.25, -0.2) is 4.98 Å². The second kappa shape index (κ2) is 7.39. The van der Waals surface area contributed by atoms with Crippen molar-refractivity contribution in [2.75, 3.05) is 43.1 Å². The van der Waals surface area contributed by atoms with Gasteiger partial charge in [0, 0.05) is 68.3 Å². The summed E-state index contributed by atoms with van der Waals surface area (Å²) in [7, 11) is 1.63. The summed E-state index contributed by atoms with van der Waals surface area (Å²) in [6, 6.07) is 12.2. The standard InChI is InChI=1S/C20H21N5O/c1-26-19-15-16(4-10-22-19)20-18(3-2-7-23-20)25-13-11-24(12-14-25)17-5-8-21-9-6-17/h2-10,15H,11-14H2,1H3. The Bertz CT molecular complexity index is 863. The van der Waals surface area contributed by atoms with Gasteiger partial charge in [-0.05, 0) is 30.3 Å². The second-order valence-electron chi connectivity index (χ2n) is 6.14. The van der Waals surface area contributed by atoms with Crippen LogP contribution in [0.1, 0.15) is 0 Å². The van der Waals surface area contributed by atoms with Gasteiger partial charge in [0.15, 0.2) is 0 Å². The molecule has 1 aliphatic rings. The van der Waals surface area contributed by atoms with Crippen LogP contribution in [0.4, 0.5) is 11.4 Å². The maximum atomic E-state index is 5.26. The summed E-state index contributed by atoms with van der Waals surface area (Å²) in [6.07, 6.45) is 7.28. The molecule has 0 saturated carbocycles. The van der Waals surface area contributed by atoms with Gasteiger partial charge < -0.3 is 14.5 Å². The number of methoxy groups -OCH3 is 1. The number of ether oxygens (including phenoxy) is 1. The van der Waals surface area contributed by atoms with Crippen molar-refractivity contribution in [1.82, 2.24) is 15.0 Å². The van der Waals surface area contributed by atoms with Gasteiger partial charge in [0.25, 0.3) is 0 Å². The van der Waals surface area contributed by atoms with Crippen LogP contribution in [0.25, 0.3) is 11.3 Å². The Labute approximate surface area is 153 Å². The molecule has 3 aromatic rings. The highest BCUT2D eigenvalue weighted by Gasteiger charge is 2.20. The lowest BCUT2D eigenvalue weighted by Gasteiger charge is -2.37. The minimum absolute atomic E-state index is 0.599. The fourth-order valence-electron chi connectivity index (χ4n) is 3.30. The molecule has 0 unspecified atom stereocenters. The van der Waals surface area contributed by atoms with Crippen molar-refractivity contribution in [2.45, 2.75) is 0 Å². The van der Waals surface area contributed by atoms with E-state index in [0.29, 0.717) is 5.88 Å². The molecule has 0 aromatic carbocycles. The van der Waals surface area contributed by atoms with Gasteiger partial charge in [0.05, 0.1) is 18.5 Å². The first-order valence-corrected chi connectivity index (χ1v) is 8.70. The van der Waals surface area contributed by atoms with Gasteiger partial charge in [-0.1, -0.05) is 0 Å². The summed E-state index contributed by atoms with van der Waals surface area (Å²) in [6.45, 7) is 3.84. The van der Waals surface area contributed by atoms with E-state index in [-0.39, 0.29) is 0 Å². The van der Waals surface area contributed by atoms with Crippen molar-refractivity contribution in [3.63, 3.8) is 0 Å². The maximum Gasteiger partial charge on any atom is 0.213 e. The van der Waals surface area contributed by atoms with Crippen LogP contribution in [-0.4, -0.2) is 48.2 Å². The Morgan fingerprint density at radius 2 is 1.62 bits per heavy atom. The Balaban J connectivity index is 1.56. The van der Waals surface area contributed by atoms with Crippen LogP contribution in [0.5, 0.6) is 5.88 Å². The number of hydrogen-bond donors (Lipinski definition) is 0. The summed E-state index contributed by atoms with van der Waals surface area (Å²) < 4.78 is 5.26. The van der Waals surface area contributed by atoms with E-state index in [2.05, 4.69) is 43.0 Å². The van der Waals surface area contributed by atoms with Crippen LogP contribution in [0.15, 0.2) is 61.2 Å². The van der Waals surface area contributed by atoms with Crippen molar-refractivity contribution in [3.05, 3.63) is 61.2 Å². The Kier molecular flexibility index (Phi) is 4.64.